The van der Waals surface area contributed by atoms with Gasteiger partial charge in [-0.05, 0) is 12.8 Å². The molecule has 2 aromatic heterocycles. The molecule has 0 spiro atoms. The molecule has 0 aromatic carbocycles. The Bertz CT molecular complexity index is 790. The first-order valence-corrected chi connectivity index (χ1v) is 8.12. The molecule has 22 heavy (non-hydrogen) atoms. The van der Waals surface area contributed by atoms with Gasteiger partial charge in [0.2, 0.25) is 21.9 Å². The highest BCUT2D eigenvalue weighted by Gasteiger charge is 2.27. The van der Waals surface area contributed by atoms with Crippen molar-refractivity contribution in [1.29, 1.82) is 0 Å². The van der Waals surface area contributed by atoms with E-state index in [0.29, 0.717) is 12.0 Å². The average molecular weight is 325 g/mol. The third kappa shape index (κ3) is 3.14. The van der Waals surface area contributed by atoms with Crippen LogP contribution in [-0.2, 0) is 21.9 Å². The Balaban J connectivity index is 1.59. The predicted octanol–water partition coefficient (Wildman–Crippen LogP) is -0.736. The molecular weight excluding hydrogens is 310 g/mol. The molecule has 2 heterocycles. The minimum absolute atomic E-state index is 0.00365. The number of carbonyl (C=O) groups excluding carboxylic acids is 1. The second kappa shape index (κ2) is 5.50. The molecule has 2 N–H and O–H groups in total. The molecule has 2 aromatic rings. The van der Waals surface area contributed by atoms with E-state index < -0.39 is 22.5 Å². The SMILES string of the molecule is Cn1cc(S(=O)(=O)NCC(=O)Nc2nncn2C2CC2)cn1. The van der Waals surface area contributed by atoms with Crippen molar-refractivity contribution in [2.24, 2.45) is 7.05 Å². The van der Waals surface area contributed by atoms with E-state index in [1.54, 1.807) is 17.9 Å². The molecule has 118 valence electrons. The zero-order valence-electron chi connectivity index (χ0n) is 11.8. The first-order valence-electron chi connectivity index (χ1n) is 6.63. The summed E-state index contributed by atoms with van der Waals surface area (Å²) in [5.41, 5.74) is 0. The number of aromatic nitrogens is 5. The van der Waals surface area contributed by atoms with Gasteiger partial charge < -0.3 is 0 Å². The summed E-state index contributed by atoms with van der Waals surface area (Å²) in [5.74, 6) is -0.185. The lowest BCUT2D eigenvalue weighted by Crippen LogP contribution is -2.33. The van der Waals surface area contributed by atoms with Crippen LogP contribution in [0, 0.1) is 0 Å². The average Bonchev–Trinajstić information content (AvgIpc) is 3.04. The maximum atomic E-state index is 12.0. The molecule has 0 aliphatic heterocycles. The Morgan fingerprint density at radius 3 is 2.86 bits per heavy atom. The quantitative estimate of drug-likeness (QED) is 0.721. The summed E-state index contributed by atoms with van der Waals surface area (Å²) in [7, 11) is -2.16. The number of rotatable bonds is 6. The number of nitrogens with one attached hydrogen (secondary N) is 2. The Morgan fingerprint density at radius 2 is 2.23 bits per heavy atom. The van der Waals surface area contributed by atoms with Gasteiger partial charge in [-0.1, -0.05) is 0 Å². The molecular formula is C11H15N7O3S. The van der Waals surface area contributed by atoms with Gasteiger partial charge in [0.1, 0.15) is 11.2 Å². The first kappa shape index (κ1) is 14.7. The van der Waals surface area contributed by atoms with Crippen LogP contribution < -0.4 is 10.0 Å². The van der Waals surface area contributed by atoms with E-state index in [4.69, 9.17) is 0 Å². The molecule has 0 saturated heterocycles. The van der Waals surface area contributed by atoms with E-state index in [0.717, 1.165) is 12.8 Å². The number of nitrogens with zero attached hydrogens (tertiary/aromatic N) is 5. The van der Waals surface area contributed by atoms with Gasteiger partial charge in [-0.25, -0.2) is 13.1 Å². The van der Waals surface area contributed by atoms with Crippen LogP contribution in [0.5, 0.6) is 0 Å². The minimum Gasteiger partial charge on any atom is -0.297 e. The van der Waals surface area contributed by atoms with E-state index >= 15 is 0 Å². The molecule has 0 radical (unpaired) electrons. The van der Waals surface area contributed by atoms with Crippen LogP contribution in [0.25, 0.3) is 0 Å². The van der Waals surface area contributed by atoms with Gasteiger partial charge in [0.25, 0.3) is 0 Å². The summed E-state index contributed by atoms with van der Waals surface area (Å²) in [6, 6.07) is 0.317. The lowest BCUT2D eigenvalue weighted by atomic mass is 10.6. The number of amides is 1. The van der Waals surface area contributed by atoms with Crippen LogP contribution in [0.15, 0.2) is 23.6 Å². The lowest BCUT2D eigenvalue weighted by molar-refractivity contribution is -0.115. The zero-order valence-corrected chi connectivity index (χ0v) is 12.6. The Kier molecular flexibility index (Phi) is 3.66. The largest absolute Gasteiger partial charge is 0.297 e. The van der Waals surface area contributed by atoms with Crippen molar-refractivity contribution < 1.29 is 13.2 Å². The van der Waals surface area contributed by atoms with Crippen molar-refractivity contribution in [3.05, 3.63) is 18.7 Å². The van der Waals surface area contributed by atoms with E-state index in [-0.39, 0.29) is 4.90 Å². The number of hydrogen-bond acceptors (Lipinski definition) is 6. The van der Waals surface area contributed by atoms with Crippen molar-refractivity contribution in [2.45, 2.75) is 23.8 Å². The normalized spacial score (nSPS) is 15.0. The highest BCUT2D eigenvalue weighted by Crippen LogP contribution is 2.36. The topological polar surface area (TPSA) is 124 Å². The highest BCUT2D eigenvalue weighted by molar-refractivity contribution is 7.89. The van der Waals surface area contributed by atoms with Crippen LogP contribution in [0.1, 0.15) is 18.9 Å². The fraction of sp³-hybridized carbons (Fsp3) is 0.455. The second-order valence-corrected chi connectivity index (χ2v) is 6.78. The molecule has 0 unspecified atom stereocenters. The molecule has 10 nitrogen and oxygen atoms in total. The Hall–Kier alpha value is -2.27. The molecule has 1 fully saturated rings. The van der Waals surface area contributed by atoms with Crippen LogP contribution in [0.3, 0.4) is 0 Å². The molecule has 1 saturated carbocycles. The summed E-state index contributed by atoms with van der Waals surface area (Å²) >= 11 is 0. The van der Waals surface area contributed by atoms with Gasteiger partial charge >= 0.3 is 0 Å². The lowest BCUT2D eigenvalue weighted by Gasteiger charge is -2.07. The molecule has 0 atom stereocenters. The number of anilines is 1. The predicted molar refractivity (Wildman–Crippen MR) is 75.3 cm³/mol. The second-order valence-electron chi connectivity index (χ2n) is 5.02. The number of aryl methyl sites for hydroxylation is 1. The summed E-state index contributed by atoms with van der Waals surface area (Å²) in [6.07, 6.45) is 6.16. The Morgan fingerprint density at radius 1 is 1.45 bits per heavy atom. The maximum absolute atomic E-state index is 12.0. The number of sulfonamides is 1. The first-order chi connectivity index (χ1) is 10.5. The van der Waals surface area contributed by atoms with Crippen molar-refractivity contribution >= 4 is 21.9 Å². The highest BCUT2D eigenvalue weighted by atomic mass is 32.2. The van der Waals surface area contributed by atoms with Gasteiger partial charge in [0.15, 0.2) is 0 Å². The van der Waals surface area contributed by atoms with E-state index in [2.05, 4.69) is 25.3 Å². The maximum Gasteiger partial charge on any atom is 0.244 e. The van der Waals surface area contributed by atoms with Crippen LogP contribution in [0.2, 0.25) is 0 Å². The van der Waals surface area contributed by atoms with Gasteiger partial charge in [0, 0.05) is 19.3 Å². The van der Waals surface area contributed by atoms with Crippen LogP contribution in [-0.4, -0.2) is 45.4 Å². The van der Waals surface area contributed by atoms with Crippen molar-refractivity contribution in [3.8, 4) is 0 Å². The van der Waals surface area contributed by atoms with Crippen LogP contribution in [0.4, 0.5) is 5.95 Å². The Labute approximate surface area is 126 Å². The minimum atomic E-state index is -3.76. The molecule has 3 rings (SSSR count). The molecule has 1 aliphatic rings. The molecule has 1 amide bonds. The third-order valence-corrected chi connectivity index (χ3v) is 4.53. The molecule has 1 aliphatic carbocycles. The monoisotopic (exact) mass is 325 g/mol. The zero-order chi connectivity index (χ0) is 15.7. The summed E-state index contributed by atoms with van der Waals surface area (Å²) in [4.78, 5) is 11.9. The third-order valence-electron chi connectivity index (χ3n) is 3.18. The summed E-state index contributed by atoms with van der Waals surface area (Å²) in [6.45, 7) is -0.394. The van der Waals surface area contributed by atoms with E-state index in [9.17, 15) is 13.2 Å². The van der Waals surface area contributed by atoms with E-state index in [1.807, 2.05) is 0 Å². The van der Waals surface area contributed by atoms with Crippen molar-refractivity contribution in [2.75, 3.05) is 11.9 Å². The van der Waals surface area contributed by atoms with Gasteiger partial charge in [0.05, 0.1) is 12.7 Å². The molecule has 11 heteroatoms. The number of hydrogen-bond donors (Lipinski definition) is 2. The van der Waals surface area contributed by atoms with Gasteiger partial charge in [-0.3, -0.25) is 19.4 Å². The van der Waals surface area contributed by atoms with E-state index in [1.165, 1.54) is 17.1 Å². The smallest absolute Gasteiger partial charge is 0.244 e. The van der Waals surface area contributed by atoms with Gasteiger partial charge in [-0.2, -0.15) is 5.10 Å². The fourth-order valence-corrected chi connectivity index (χ4v) is 2.87. The van der Waals surface area contributed by atoms with Gasteiger partial charge in [-0.15, -0.1) is 10.2 Å². The number of carbonyl (C=O) groups is 1. The fourth-order valence-electron chi connectivity index (χ4n) is 1.90. The van der Waals surface area contributed by atoms with Crippen molar-refractivity contribution in [3.63, 3.8) is 0 Å². The van der Waals surface area contributed by atoms with Crippen LogP contribution >= 0.6 is 0 Å². The van der Waals surface area contributed by atoms with Crippen molar-refractivity contribution in [1.82, 2.24) is 29.3 Å². The standard InChI is InChI=1S/C11H15N7O3S/c1-17-6-9(4-13-17)22(20,21)14-5-10(19)15-11-16-12-7-18(11)8-2-3-8/h4,6-8,14H,2-3,5H2,1H3,(H,15,16,19). The summed E-state index contributed by atoms with van der Waals surface area (Å²) in [5, 5.41) is 13.9. The molecule has 0 bridgehead atoms. The summed E-state index contributed by atoms with van der Waals surface area (Å²) < 4.78 is 29.3.